The summed E-state index contributed by atoms with van der Waals surface area (Å²) in [6.45, 7) is 11.7. The summed E-state index contributed by atoms with van der Waals surface area (Å²) in [4.78, 5) is 0. The van der Waals surface area contributed by atoms with Gasteiger partial charge in [-0.25, -0.2) is 0 Å². The Kier molecular flexibility index (Phi) is 5.55. The quantitative estimate of drug-likeness (QED) is 0.735. The molecule has 0 radical (unpaired) electrons. The molecule has 0 heterocycles. The molecule has 0 aromatic rings. The predicted octanol–water partition coefficient (Wildman–Crippen LogP) is 4.48. The Morgan fingerprint density at radius 3 is 2.68 bits per heavy atom. The van der Waals surface area contributed by atoms with Crippen LogP contribution < -0.4 is 0 Å². The second-order valence-corrected chi connectivity index (χ2v) is 8.25. The average Bonchev–Trinajstić information content (AvgIpc) is 2.46. The fourth-order valence-electron chi connectivity index (χ4n) is 5.44. The largest absolute Gasteiger partial charge is 0.396 e. The first-order chi connectivity index (χ1) is 10.4. The third-order valence-electron chi connectivity index (χ3n) is 6.77. The number of rotatable bonds is 5. The minimum absolute atomic E-state index is 0.0853. The van der Waals surface area contributed by atoms with Gasteiger partial charge in [-0.2, -0.15) is 0 Å². The van der Waals surface area contributed by atoms with Gasteiger partial charge in [-0.3, -0.25) is 0 Å². The molecule has 2 aliphatic rings. The molecule has 0 unspecified atom stereocenters. The van der Waals surface area contributed by atoms with E-state index in [-0.39, 0.29) is 17.4 Å². The fraction of sp³-hybridized carbons (Fsp3) is 0.800. The van der Waals surface area contributed by atoms with Gasteiger partial charge in [-0.15, -0.1) is 0 Å². The maximum atomic E-state index is 9.98. The third-order valence-corrected chi connectivity index (χ3v) is 6.77. The van der Waals surface area contributed by atoms with Crippen molar-refractivity contribution >= 4 is 0 Å². The molecule has 0 amide bonds. The van der Waals surface area contributed by atoms with Gasteiger partial charge in [-0.1, -0.05) is 44.1 Å². The molecule has 0 spiro atoms. The molecular formula is C20H34O2. The van der Waals surface area contributed by atoms with Crippen LogP contribution >= 0.6 is 0 Å². The Bertz CT molecular complexity index is 439. The zero-order valence-corrected chi connectivity index (χ0v) is 14.7. The van der Waals surface area contributed by atoms with Gasteiger partial charge in [-0.05, 0) is 68.1 Å². The summed E-state index contributed by atoms with van der Waals surface area (Å²) in [7, 11) is 0. The van der Waals surface area contributed by atoms with E-state index >= 15 is 0 Å². The van der Waals surface area contributed by atoms with E-state index in [0.717, 1.165) is 25.7 Å². The lowest BCUT2D eigenvalue weighted by Crippen LogP contribution is -2.51. The van der Waals surface area contributed by atoms with Crippen LogP contribution in [0.5, 0.6) is 0 Å². The van der Waals surface area contributed by atoms with E-state index in [9.17, 15) is 5.11 Å². The number of hydrogen-bond acceptors (Lipinski definition) is 2. The van der Waals surface area contributed by atoms with Crippen molar-refractivity contribution < 1.29 is 10.2 Å². The van der Waals surface area contributed by atoms with E-state index < -0.39 is 0 Å². The summed E-state index contributed by atoms with van der Waals surface area (Å²) in [6, 6.07) is 0. The minimum Gasteiger partial charge on any atom is -0.396 e. The van der Waals surface area contributed by atoms with Crippen LogP contribution in [0.2, 0.25) is 0 Å². The van der Waals surface area contributed by atoms with Crippen molar-refractivity contribution in [3.63, 3.8) is 0 Å². The zero-order valence-electron chi connectivity index (χ0n) is 14.7. The molecule has 22 heavy (non-hydrogen) atoms. The van der Waals surface area contributed by atoms with Crippen LogP contribution in [-0.2, 0) is 0 Å². The molecule has 0 saturated heterocycles. The first-order valence-corrected chi connectivity index (χ1v) is 8.92. The van der Waals surface area contributed by atoms with E-state index in [4.69, 9.17) is 5.11 Å². The molecule has 2 aliphatic carbocycles. The molecular weight excluding hydrogens is 272 g/mol. The first kappa shape index (κ1) is 17.7. The van der Waals surface area contributed by atoms with Gasteiger partial charge in [0.2, 0.25) is 0 Å². The minimum atomic E-state index is 0.0853. The Morgan fingerprint density at radius 2 is 2.05 bits per heavy atom. The molecule has 2 saturated carbocycles. The average molecular weight is 306 g/mol. The standard InChI is InChI=1S/C20H34O2/c1-15(10-13-21)6-8-17-16(2)7-9-18-19(3,14-22)11-5-12-20(17,18)4/h10,17-18,21-22H,2,5-9,11-14H2,1,3-4H3/t17-,18-,19+,20+/m0/s1. The van der Waals surface area contributed by atoms with Crippen LogP contribution in [0.4, 0.5) is 0 Å². The molecule has 2 heteroatoms. The van der Waals surface area contributed by atoms with Crippen molar-refractivity contribution in [1.82, 2.24) is 0 Å². The van der Waals surface area contributed by atoms with Gasteiger partial charge in [0.15, 0.2) is 0 Å². The monoisotopic (exact) mass is 306 g/mol. The molecule has 0 bridgehead atoms. The number of aliphatic hydroxyl groups excluding tert-OH is 2. The van der Waals surface area contributed by atoms with E-state index in [1.54, 1.807) is 0 Å². The van der Waals surface area contributed by atoms with Crippen molar-refractivity contribution in [2.24, 2.45) is 22.7 Å². The molecule has 2 nitrogen and oxygen atoms in total. The highest BCUT2D eigenvalue weighted by Crippen LogP contribution is 2.61. The molecule has 4 atom stereocenters. The summed E-state index contributed by atoms with van der Waals surface area (Å²) in [5, 5.41) is 19.0. The summed E-state index contributed by atoms with van der Waals surface area (Å²) in [5.41, 5.74) is 3.06. The first-order valence-electron chi connectivity index (χ1n) is 8.92. The smallest absolute Gasteiger partial charge is 0.0614 e. The lowest BCUT2D eigenvalue weighted by Gasteiger charge is -2.58. The zero-order chi connectivity index (χ0) is 16.4. The number of aliphatic hydroxyl groups is 2. The van der Waals surface area contributed by atoms with E-state index in [1.165, 1.54) is 30.4 Å². The summed E-state index contributed by atoms with van der Waals surface area (Å²) in [5.74, 6) is 1.16. The van der Waals surface area contributed by atoms with E-state index in [0.29, 0.717) is 18.4 Å². The lowest BCUT2D eigenvalue weighted by molar-refractivity contribution is -0.0858. The molecule has 0 aromatic carbocycles. The van der Waals surface area contributed by atoms with Gasteiger partial charge in [0.25, 0.3) is 0 Å². The molecule has 0 aliphatic heterocycles. The van der Waals surface area contributed by atoms with Crippen molar-refractivity contribution in [3.8, 4) is 0 Å². The van der Waals surface area contributed by atoms with Gasteiger partial charge in [0.1, 0.15) is 0 Å². The van der Waals surface area contributed by atoms with E-state index in [1.807, 2.05) is 6.08 Å². The third kappa shape index (κ3) is 3.19. The van der Waals surface area contributed by atoms with Crippen molar-refractivity contribution in [1.29, 1.82) is 0 Å². The van der Waals surface area contributed by atoms with E-state index in [2.05, 4.69) is 27.4 Å². The van der Waals surface area contributed by atoms with Crippen LogP contribution in [0, 0.1) is 22.7 Å². The number of allylic oxidation sites excluding steroid dienone is 2. The Labute approximate surface area is 136 Å². The van der Waals surface area contributed by atoms with Crippen LogP contribution in [-0.4, -0.2) is 23.4 Å². The molecule has 126 valence electrons. The Balaban J connectivity index is 2.20. The lowest BCUT2D eigenvalue weighted by atomic mass is 9.47. The van der Waals surface area contributed by atoms with Gasteiger partial charge < -0.3 is 10.2 Å². The predicted molar refractivity (Wildman–Crippen MR) is 92.6 cm³/mol. The highest BCUT2D eigenvalue weighted by atomic mass is 16.3. The molecule has 0 aromatic heterocycles. The maximum Gasteiger partial charge on any atom is 0.0614 e. The highest BCUT2D eigenvalue weighted by molar-refractivity contribution is 5.17. The number of fused-ring (bicyclic) bond motifs is 1. The second kappa shape index (κ2) is 6.88. The van der Waals surface area contributed by atoms with Crippen LogP contribution in [0.3, 0.4) is 0 Å². The second-order valence-electron chi connectivity index (χ2n) is 8.25. The summed E-state index contributed by atoms with van der Waals surface area (Å²) in [6.07, 6.45) is 10.0. The van der Waals surface area contributed by atoms with Crippen molar-refractivity contribution in [2.45, 2.75) is 65.7 Å². The van der Waals surface area contributed by atoms with Gasteiger partial charge in [0.05, 0.1) is 6.61 Å². The molecule has 2 N–H and O–H groups in total. The summed E-state index contributed by atoms with van der Waals surface area (Å²) < 4.78 is 0. The van der Waals surface area contributed by atoms with Crippen LogP contribution in [0.15, 0.2) is 23.8 Å². The number of hydrogen-bond donors (Lipinski definition) is 2. The van der Waals surface area contributed by atoms with Crippen LogP contribution in [0.25, 0.3) is 0 Å². The van der Waals surface area contributed by atoms with Crippen molar-refractivity contribution in [2.75, 3.05) is 13.2 Å². The van der Waals surface area contributed by atoms with Gasteiger partial charge in [0, 0.05) is 6.61 Å². The maximum absolute atomic E-state index is 9.98. The molecule has 2 rings (SSSR count). The normalized spacial score (nSPS) is 39.7. The Hall–Kier alpha value is -0.600. The highest BCUT2D eigenvalue weighted by Gasteiger charge is 2.53. The SMILES string of the molecule is C=C1CC[C@H]2[C@@](C)(CO)CCC[C@]2(C)[C@H]1CCC(C)=CCO. The Morgan fingerprint density at radius 1 is 1.32 bits per heavy atom. The summed E-state index contributed by atoms with van der Waals surface area (Å²) >= 11 is 0. The molecule has 2 fully saturated rings. The van der Waals surface area contributed by atoms with Gasteiger partial charge >= 0.3 is 0 Å². The fourth-order valence-corrected chi connectivity index (χ4v) is 5.44. The van der Waals surface area contributed by atoms with Crippen molar-refractivity contribution in [3.05, 3.63) is 23.8 Å². The van der Waals surface area contributed by atoms with Crippen LogP contribution in [0.1, 0.15) is 65.7 Å². The topological polar surface area (TPSA) is 40.5 Å².